The summed E-state index contributed by atoms with van der Waals surface area (Å²) in [5, 5.41) is 6.45. The van der Waals surface area contributed by atoms with Gasteiger partial charge in [-0.25, -0.2) is 9.37 Å². The van der Waals surface area contributed by atoms with Crippen LogP contribution in [0.1, 0.15) is 16.3 Å². The van der Waals surface area contributed by atoms with E-state index >= 15 is 0 Å². The van der Waals surface area contributed by atoms with Crippen LogP contribution in [0, 0.1) is 12.7 Å². The third-order valence-corrected chi connectivity index (χ3v) is 3.39. The summed E-state index contributed by atoms with van der Waals surface area (Å²) in [6.07, 6.45) is 0.835. The van der Waals surface area contributed by atoms with Gasteiger partial charge in [-0.3, -0.25) is 0 Å². The van der Waals surface area contributed by atoms with Gasteiger partial charge in [0.1, 0.15) is 10.8 Å². The van der Waals surface area contributed by atoms with Crippen LogP contribution in [0.4, 0.5) is 4.39 Å². The summed E-state index contributed by atoms with van der Waals surface area (Å²) in [6.45, 7) is 3.61. The molecule has 17 heavy (non-hydrogen) atoms. The Kier molecular flexibility index (Phi) is 4.23. The van der Waals surface area contributed by atoms with Crippen molar-refractivity contribution >= 4 is 11.3 Å². The number of halogens is 1. The summed E-state index contributed by atoms with van der Waals surface area (Å²) < 4.78 is 12.9. The zero-order valence-corrected chi connectivity index (χ0v) is 10.6. The van der Waals surface area contributed by atoms with Crippen molar-refractivity contribution in [3.63, 3.8) is 0 Å². The van der Waals surface area contributed by atoms with Crippen LogP contribution < -0.4 is 5.32 Å². The highest BCUT2D eigenvalue weighted by Crippen LogP contribution is 2.08. The number of nitrogens with zero attached hydrogens (tertiary/aromatic N) is 1. The molecule has 1 heterocycles. The summed E-state index contributed by atoms with van der Waals surface area (Å²) in [5.41, 5.74) is 2.09. The number of hydrogen-bond donors (Lipinski definition) is 1. The standard InChI is InChI=1S/C13H15FN2S/c1-10-9-17-13(16-10)8-15-6-5-11-3-2-4-12(14)7-11/h2-4,7,9,15H,5-6,8H2,1H3. The van der Waals surface area contributed by atoms with Gasteiger partial charge in [0.05, 0.1) is 0 Å². The first-order valence-corrected chi connectivity index (χ1v) is 6.48. The third kappa shape index (κ3) is 3.91. The van der Waals surface area contributed by atoms with E-state index in [9.17, 15) is 4.39 Å². The molecule has 0 saturated heterocycles. The second-order valence-corrected chi connectivity index (χ2v) is 4.88. The van der Waals surface area contributed by atoms with Crippen LogP contribution in [-0.2, 0) is 13.0 Å². The molecular weight excluding hydrogens is 235 g/mol. The molecule has 0 atom stereocenters. The molecular formula is C13H15FN2S. The van der Waals surface area contributed by atoms with Crippen molar-refractivity contribution < 1.29 is 4.39 Å². The Hall–Kier alpha value is -1.26. The highest BCUT2D eigenvalue weighted by molar-refractivity contribution is 7.09. The lowest BCUT2D eigenvalue weighted by Gasteiger charge is -2.03. The monoisotopic (exact) mass is 250 g/mol. The van der Waals surface area contributed by atoms with E-state index in [1.54, 1.807) is 23.5 Å². The smallest absolute Gasteiger partial charge is 0.123 e. The minimum Gasteiger partial charge on any atom is -0.310 e. The minimum absolute atomic E-state index is 0.168. The van der Waals surface area contributed by atoms with Crippen LogP contribution in [0.3, 0.4) is 0 Å². The highest BCUT2D eigenvalue weighted by Gasteiger charge is 1.98. The number of aromatic nitrogens is 1. The van der Waals surface area contributed by atoms with Gasteiger partial charge in [0.2, 0.25) is 0 Å². The summed E-state index contributed by atoms with van der Waals surface area (Å²) >= 11 is 1.66. The number of benzene rings is 1. The Labute approximate surface area is 105 Å². The van der Waals surface area contributed by atoms with Gasteiger partial charge in [-0.1, -0.05) is 12.1 Å². The Morgan fingerprint density at radius 2 is 2.29 bits per heavy atom. The van der Waals surface area contributed by atoms with Crippen molar-refractivity contribution in [2.45, 2.75) is 19.9 Å². The molecule has 4 heteroatoms. The Morgan fingerprint density at radius 3 is 3.00 bits per heavy atom. The molecule has 0 aliphatic rings. The molecule has 2 aromatic rings. The van der Waals surface area contributed by atoms with Crippen LogP contribution in [0.5, 0.6) is 0 Å². The van der Waals surface area contributed by atoms with Crippen LogP contribution >= 0.6 is 11.3 Å². The van der Waals surface area contributed by atoms with Gasteiger partial charge >= 0.3 is 0 Å². The fraction of sp³-hybridized carbons (Fsp3) is 0.308. The molecule has 0 fully saturated rings. The summed E-state index contributed by atoms with van der Waals surface area (Å²) in [6, 6.07) is 6.73. The topological polar surface area (TPSA) is 24.9 Å². The maximum absolute atomic E-state index is 12.9. The number of nitrogens with one attached hydrogen (secondary N) is 1. The lowest BCUT2D eigenvalue weighted by Crippen LogP contribution is -2.16. The molecule has 0 aliphatic carbocycles. The molecule has 90 valence electrons. The van der Waals surface area contributed by atoms with Gasteiger partial charge in [-0.05, 0) is 37.6 Å². The first-order chi connectivity index (χ1) is 8.24. The van der Waals surface area contributed by atoms with E-state index in [4.69, 9.17) is 0 Å². The fourth-order valence-corrected chi connectivity index (χ4v) is 2.35. The van der Waals surface area contributed by atoms with E-state index in [2.05, 4.69) is 10.3 Å². The zero-order chi connectivity index (χ0) is 12.1. The zero-order valence-electron chi connectivity index (χ0n) is 9.74. The average Bonchev–Trinajstić information content (AvgIpc) is 2.71. The van der Waals surface area contributed by atoms with Gasteiger partial charge in [-0.2, -0.15) is 0 Å². The Morgan fingerprint density at radius 1 is 1.41 bits per heavy atom. The van der Waals surface area contributed by atoms with E-state index < -0.39 is 0 Å². The molecule has 2 rings (SSSR count). The first kappa shape index (κ1) is 12.2. The van der Waals surface area contributed by atoms with E-state index in [1.807, 2.05) is 18.4 Å². The second kappa shape index (κ2) is 5.89. The molecule has 0 saturated carbocycles. The predicted octanol–water partition coefficient (Wildman–Crippen LogP) is 2.92. The highest BCUT2D eigenvalue weighted by atomic mass is 32.1. The molecule has 0 bridgehead atoms. The van der Waals surface area contributed by atoms with Crippen LogP contribution in [-0.4, -0.2) is 11.5 Å². The van der Waals surface area contributed by atoms with Crippen molar-refractivity contribution in [1.29, 1.82) is 0 Å². The summed E-state index contributed by atoms with van der Waals surface area (Å²) in [7, 11) is 0. The van der Waals surface area contributed by atoms with Crippen molar-refractivity contribution in [3.05, 3.63) is 51.7 Å². The third-order valence-electron chi connectivity index (χ3n) is 2.42. The Bertz CT molecular complexity index is 482. The SMILES string of the molecule is Cc1csc(CNCCc2cccc(F)c2)n1. The normalized spacial score (nSPS) is 10.7. The number of rotatable bonds is 5. The van der Waals surface area contributed by atoms with Gasteiger partial charge in [-0.15, -0.1) is 11.3 Å². The molecule has 1 aromatic heterocycles. The molecule has 1 N–H and O–H groups in total. The number of aryl methyl sites for hydroxylation is 1. The summed E-state index contributed by atoms with van der Waals surface area (Å²) in [5.74, 6) is -0.168. The average molecular weight is 250 g/mol. The maximum atomic E-state index is 12.9. The van der Waals surface area contributed by atoms with Crippen molar-refractivity contribution in [1.82, 2.24) is 10.3 Å². The lowest BCUT2D eigenvalue weighted by molar-refractivity contribution is 0.622. The largest absolute Gasteiger partial charge is 0.310 e. The Balaban J connectivity index is 1.73. The number of hydrogen-bond acceptors (Lipinski definition) is 3. The minimum atomic E-state index is -0.168. The van der Waals surface area contributed by atoms with Crippen LogP contribution in [0.15, 0.2) is 29.6 Å². The summed E-state index contributed by atoms with van der Waals surface area (Å²) in [4.78, 5) is 4.37. The predicted molar refractivity (Wildman–Crippen MR) is 68.7 cm³/mol. The van der Waals surface area contributed by atoms with Gasteiger partial charge in [0.15, 0.2) is 0 Å². The van der Waals surface area contributed by atoms with Crippen molar-refractivity contribution in [2.75, 3.05) is 6.54 Å². The van der Waals surface area contributed by atoms with E-state index in [0.29, 0.717) is 0 Å². The molecule has 0 aliphatic heterocycles. The first-order valence-electron chi connectivity index (χ1n) is 5.60. The number of thiazole rings is 1. The van der Waals surface area contributed by atoms with E-state index in [1.165, 1.54) is 6.07 Å². The lowest BCUT2D eigenvalue weighted by atomic mass is 10.1. The van der Waals surface area contributed by atoms with E-state index in [0.717, 1.165) is 35.8 Å². The van der Waals surface area contributed by atoms with Gasteiger partial charge in [0.25, 0.3) is 0 Å². The van der Waals surface area contributed by atoms with Crippen LogP contribution in [0.2, 0.25) is 0 Å². The van der Waals surface area contributed by atoms with Gasteiger partial charge in [0, 0.05) is 17.6 Å². The van der Waals surface area contributed by atoms with Gasteiger partial charge < -0.3 is 5.32 Å². The molecule has 1 aromatic carbocycles. The maximum Gasteiger partial charge on any atom is 0.123 e. The molecule has 0 radical (unpaired) electrons. The quantitative estimate of drug-likeness (QED) is 0.825. The van der Waals surface area contributed by atoms with Crippen molar-refractivity contribution in [2.24, 2.45) is 0 Å². The molecule has 0 amide bonds. The second-order valence-electron chi connectivity index (χ2n) is 3.94. The fourth-order valence-electron chi connectivity index (χ4n) is 1.60. The van der Waals surface area contributed by atoms with Crippen molar-refractivity contribution in [3.8, 4) is 0 Å². The molecule has 0 unspecified atom stereocenters. The molecule has 2 nitrogen and oxygen atoms in total. The van der Waals surface area contributed by atoms with Crippen LogP contribution in [0.25, 0.3) is 0 Å². The molecule has 0 spiro atoms. The van der Waals surface area contributed by atoms with E-state index in [-0.39, 0.29) is 5.82 Å².